The summed E-state index contributed by atoms with van der Waals surface area (Å²) in [6.45, 7) is 10.2. The van der Waals surface area contributed by atoms with Gasteiger partial charge >= 0.3 is 5.69 Å². The van der Waals surface area contributed by atoms with Gasteiger partial charge in [0.1, 0.15) is 5.69 Å². The van der Waals surface area contributed by atoms with E-state index < -0.39 is 4.92 Å². The molecule has 0 bridgehead atoms. The van der Waals surface area contributed by atoms with Gasteiger partial charge in [-0.25, -0.2) is 4.68 Å². The number of nitrogens with one attached hydrogen (secondary N) is 1. The van der Waals surface area contributed by atoms with Crippen LogP contribution in [0.1, 0.15) is 19.5 Å². The van der Waals surface area contributed by atoms with E-state index in [0.717, 1.165) is 5.57 Å². The fourth-order valence-corrected chi connectivity index (χ4v) is 1.43. The van der Waals surface area contributed by atoms with Crippen LogP contribution in [-0.2, 0) is 6.54 Å². The molecule has 1 aromatic rings. The van der Waals surface area contributed by atoms with E-state index in [1.54, 1.807) is 11.6 Å². The average molecular weight is 224 g/mol. The number of nitro groups is 1. The second-order valence-corrected chi connectivity index (χ2v) is 3.67. The maximum absolute atomic E-state index is 10.9. The summed E-state index contributed by atoms with van der Waals surface area (Å²) in [6, 6.07) is 0. The van der Waals surface area contributed by atoms with Crippen molar-refractivity contribution in [3.63, 3.8) is 0 Å². The van der Waals surface area contributed by atoms with Crippen LogP contribution in [0.4, 0.5) is 11.5 Å². The molecule has 0 fully saturated rings. The van der Waals surface area contributed by atoms with Crippen molar-refractivity contribution in [3.05, 3.63) is 28.0 Å². The minimum absolute atomic E-state index is 0.0445. The third-order valence-electron chi connectivity index (χ3n) is 2.14. The minimum atomic E-state index is -0.407. The highest BCUT2D eigenvalue weighted by Crippen LogP contribution is 2.27. The maximum Gasteiger partial charge on any atom is 0.333 e. The lowest BCUT2D eigenvalue weighted by Crippen LogP contribution is -2.09. The summed E-state index contributed by atoms with van der Waals surface area (Å²) < 4.78 is 1.59. The van der Waals surface area contributed by atoms with Gasteiger partial charge in [0.2, 0.25) is 5.82 Å². The minimum Gasteiger partial charge on any atom is -0.361 e. The topological polar surface area (TPSA) is 73.0 Å². The number of aryl methyl sites for hydroxylation is 2. The summed E-state index contributed by atoms with van der Waals surface area (Å²) in [6.07, 6.45) is 0. The van der Waals surface area contributed by atoms with Crippen molar-refractivity contribution in [2.45, 2.75) is 27.3 Å². The molecule has 16 heavy (non-hydrogen) atoms. The van der Waals surface area contributed by atoms with Crippen molar-refractivity contribution >= 4 is 11.5 Å². The Balaban J connectivity index is 3.11. The van der Waals surface area contributed by atoms with Gasteiger partial charge in [0.05, 0.1) is 4.92 Å². The van der Waals surface area contributed by atoms with Crippen molar-refractivity contribution in [2.75, 3.05) is 11.9 Å². The molecular formula is C10H16N4O2. The number of hydrogen-bond acceptors (Lipinski definition) is 4. The quantitative estimate of drug-likeness (QED) is 0.472. The van der Waals surface area contributed by atoms with Gasteiger partial charge in [-0.1, -0.05) is 12.2 Å². The van der Waals surface area contributed by atoms with Crippen LogP contribution in [0.5, 0.6) is 0 Å². The zero-order valence-corrected chi connectivity index (χ0v) is 9.78. The van der Waals surface area contributed by atoms with Crippen LogP contribution >= 0.6 is 0 Å². The molecule has 0 aliphatic carbocycles. The van der Waals surface area contributed by atoms with Gasteiger partial charge in [0.25, 0.3) is 0 Å². The van der Waals surface area contributed by atoms with Crippen molar-refractivity contribution in [1.82, 2.24) is 9.78 Å². The van der Waals surface area contributed by atoms with Gasteiger partial charge in [0, 0.05) is 13.1 Å². The van der Waals surface area contributed by atoms with Crippen LogP contribution in [0.15, 0.2) is 12.2 Å². The summed E-state index contributed by atoms with van der Waals surface area (Å²) in [4.78, 5) is 10.5. The molecule has 0 aromatic carbocycles. The molecule has 1 rings (SSSR count). The first-order valence-corrected chi connectivity index (χ1v) is 5.07. The first kappa shape index (κ1) is 12.2. The molecule has 0 unspecified atom stereocenters. The molecule has 0 radical (unpaired) electrons. The van der Waals surface area contributed by atoms with Crippen molar-refractivity contribution in [1.29, 1.82) is 0 Å². The normalized spacial score (nSPS) is 10.2. The third-order valence-corrected chi connectivity index (χ3v) is 2.14. The van der Waals surface area contributed by atoms with Gasteiger partial charge in [-0.3, -0.25) is 10.1 Å². The summed E-state index contributed by atoms with van der Waals surface area (Å²) in [5, 5.41) is 18.0. The molecule has 0 aliphatic heterocycles. The predicted octanol–water partition coefficient (Wildman–Crippen LogP) is 2.11. The smallest absolute Gasteiger partial charge is 0.333 e. The molecule has 1 N–H and O–H groups in total. The standard InChI is InChI=1S/C10H16N4O2/c1-5-13-10(11-6-7(2)3)9(14(15)16)8(4)12-13/h11H,2,5-6H2,1,3-4H3. The summed E-state index contributed by atoms with van der Waals surface area (Å²) in [5.41, 5.74) is 1.38. The molecule has 0 atom stereocenters. The lowest BCUT2D eigenvalue weighted by Gasteiger charge is -2.06. The largest absolute Gasteiger partial charge is 0.361 e. The predicted molar refractivity (Wildman–Crippen MR) is 62.6 cm³/mol. The fraction of sp³-hybridized carbons (Fsp3) is 0.500. The van der Waals surface area contributed by atoms with E-state index in [0.29, 0.717) is 24.6 Å². The van der Waals surface area contributed by atoms with E-state index >= 15 is 0 Å². The van der Waals surface area contributed by atoms with Crippen molar-refractivity contribution in [3.8, 4) is 0 Å². The van der Waals surface area contributed by atoms with Gasteiger partial charge in [-0.15, -0.1) is 0 Å². The Morgan fingerprint density at radius 1 is 1.69 bits per heavy atom. The van der Waals surface area contributed by atoms with Gasteiger partial charge < -0.3 is 5.32 Å². The highest BCUT2D eigenvalue weighted by atomic mass is 16.6. The Bertz CT molecular complexity index is 423. The number of anilines is 1. The average Bonchev–Trinajstić information content (AvgIpc) is 2.51. The van der Waals surface area contributed by atoms with Crippen LogP contribution in [-0.4, -0.2) is 21.2 Å². The Kier molecular flexibility index (Phi) is 3.65. The van der Waals surface area contributed by atoms with Crippen LogP contribution in [0.2, 0.25) is 0 Å². The molecule has 6 heteroatoms. The van der Waals surface area contributed by atoms with E-state index in [4.69, 9.17) is 0 Å². The Morgan fingerprint density at radius 2 is 2.31 bits per heavy atom. The zero-order chi connectivity index (χ0) is 12.3. The van der Waals surface area contributed by atoms with Crippen LogP contribution in [0.25, 0.3) is 0 Å². The summed E-state index contributed by atoms with van der Waals surface area (Å²) >= 11 is 0. The molecule has 0 aliphatic rings. The molecule has 0 saturated carbocycles. The number of hydrogen-bond donors (Lipinski definition) is 1. The molecule has 88 valence electrons. The molecule has 0 spiro atoms. The zero-order valence-electron chi connectivity index (χ0n) is 9.78. The molecule has 1 aromatic heterocycles. The summed E-state index contributed by atoms with van der Waals surface area (Å²) in [7, 11) is 0. The molecule has 1 heterocycles. The van der Waals surface area contributed by atoms with Crippen molar-refractivity contribution < 1.29 is 4.92 Å². The molecule has 0 amide bonds. The highest BCUT2D eigenvalue weighted by molar-refractivity contribution is 5.59. The Labute approximate surface area is 94.1 Å². The van der Waals surface area contributed by atoms with E-state index in [9.17, 15) is 10.1 Å². The van der Waals surface area contributed by atoms with Crippen LogP contribution < -0.4 is 5.32 Å². The molecule has 0 saturated heterocycles. The monoisotopic (exact) mass is 224 g/mol. The van der Waals surface area contributed by atoms with Crippen molar-refractivity contribution in [2.24, 2.45) is 0 Å². The maximum atomic E-state index is 10.9. The second kappa shape index (κ2) is 4.78. The molecular weight excluding hydrogens is 208 g/mol. The Hall–Kier alpha value is -1.85. The number of aromatic nitrogens is 2. The van der Waals surface area contributed by atoms with Gasteiger partial charge in [-0.2, -0.15) is 5.10 Å². The number of rotatable bonds is 5. The number of nitrogens with zero attached hydrogens (tertiary/aromatic N) is 3. The lowest BCUT2D eigenvalue weighted by atomic mass is 10.3. The molecule has 6 nitrogen and oxygen atoms in total. The summed E-state index contributed by atoms with van der Waals surface area (Å²) in [5.74, 6) is 0.452. The van der Waals surface area contributed by atoms with E-state index in [-0.39, 0.29) is 5.69 Å². The van der Waals surface area contributed by atoms with E-state index in [1.807, 2.05) is 13.8 Å². The van der Waals surface area contributed by atoms with Gasteiger partial charge in [-0.05, 0) is 20.8 Å². The van der Waals surface area contributed by atoms with Crippen LogP contribution in [0, 0.1) is 17.0 Å². The second-order valence-electron chi connectivity index (χ2n) is 3.67. The van der Waals surface area contributed by atoms with E-state index in [1.165, 1.54) is 0 Å². The SMILES string of the molecule is C=C(C)CNc1c([N+](=O)[O-])c(C)nn1CC. The van der Waals surface area contributed by atoms with Gasteiger partial charge in [0.15, 0.2) is 0 Å². The highest BCUT2D eigenvalue weighted by Gasteiger charge is 2.24. The first-order chi connectivity index (χ1) is 7.47. The third kappa shape index (κ3) is 2.39. The lowest BCUT2D eigenvalue weighted by molar-refractivity contribution is -0.384. The van der Waals surface area contributed by atoms with E-state index in [2.05, 4.69) is 17.0 Å². The first-order valence-electron chi connectivity index (χ1n) is 5.07. The fourth-order valence-electron chi connectivity index (χ4n) is 1.43. The Morgan fingerprint density at radius 3 is 2.75 bits per heavy atom. The van der Waals surface area contributed by atoms with Crippen LogP contribution in [0.3, 0.4) is 0 Å².